The van der Waals surface area contributed by atoms with Crippen molar-refractivity contribution in [3.8, 4) is 0 Å². The number of pyridine rings is 1. The molecule has 0 spiro atoms. The van der Waals surface area contributed by atoms with Gasteiger partial charge in [-0.2, -0.15) is 0 Å². The molecule has 2 N–H and O–H groups in total. The third kappa shape index (κ3) is 3.41. The highest BCUT2D eigenvalue weighted by atomic mass is 79.9. The number of hydrogen-bond acceptors (Lipinski definition) is 3. The average molecular weight is 295 g/mol. The maximum Gasteiger partial charge on any atom is 0.129 e. The molecule has 0 radical (unpaired) electrons. The molecule has 1 aromatic heterocycles. The van der Waals surface area contributed by atoms with E-state index in [0.717, 1.165) is 0 Å². The number of aliphatic hydroxyl groups is 2. The van der Waals surface area contributed by atoms with Crippen molar-refractivity contribution in [2.75, 3.05) is 5.33 Å². The lowest BCUT2D eigenvalue weighted by molar-refractivity contribution is 0.0167. The average Bonchev–Trinajstić information content (AvgIpc) is 2.17. The van der Waals surface area contributed by atoms with Gasteiger partial charge in [-0.15, -0.1) is 0 Å². The summed E-state index contributed by atoms with van der Waals surface area (Å²) >= 11 is 8.91. The fraction of sp³-hybridized carbons (Fsp3) is 0.500. The molecule has 0 fully saturated rings. The van der Waals surface area contributed by atoms with E-state index in [0.29, 0.717) is 28.2 Å². The number of nitrogens with zero attached hydrogens (tertiary/aromatic N) is 1. The van der Waals surface area contributed by atoms with Gasteiger partial charge in [0.25, 0.3) is 0 Å². The van der Waals surface area contributed by atoms with Crippen LogP contribution in [0, 0.1) is 6.92 Å². The third-order valence-electron chi connectivity index (χ3n) is 2.18. The van der Waals surface area contributed by atoms with Crippen molar-refractivity contribution in [2.45, 2.75) is 25.6 Å². The molecule has 1 aromatic rings. The van der Waals surface area contributed by atoms with Crippen LogP contribution in [0.4, 0.5) is 0 Å². The van der Waals surface area contributed by atoms with Crippen LogP contribution < -0.4 is 0 Å². The molecule has 0 amide bonds. The Morgan fingerprint density at radius 3 is 2.67 bits per heavy atom. The van der Waals surface area contributed by atoms with E-state index in [9.17, 15) is 10.2 Å². The molecule has 0 saturated carbocycles. The summed E-state index contributed by atoms with van der Waals surface area (Å²) in [6.07, 6.45) is -1.21. The molecule has 0 aliphatic carbocycles. The highest BCUT2D eigenvalue weighted by Crippen LogP contribution is 2.23. The Morgan fingerprint density at radius 1 is 1.47 bits per heavy atom. The zero-order valence-corrected chi connectivity index (χ0v) is 10.7. The predicted octanol–water partition coefficient (Wildman–Crippen LogP) is 2.22. The van der Waals surface area contributed by atoms with Gasteiger partial charge in [-0.1, -0.05) is 33.6 Å². The molecule has 0 aliphatic rings. The van der Waals surface area contributed by atoms with Crippen molar-refractivity contribution >= 4 is 27.5 Å². The predicted molar refractivity (Wildman–Crippen MR) is 63.4 cm³/mol. The second-order valence-corrected chi connectivity index (χ2v) is 4.48. The topological polar surface area (TPSA) is 53.4 Å². The number of alkyl halides is 1. The molecule has 15 heavy (non-hydrogen) atoms. The minimum atomic E-state index is -0.910. The molecule has 84 valence electrons. The van der Waals surface area contributed by atoms with E-state index in [-0.39, 0.29) is 0 Å². The van der Waals surface area contributed by atoms with Gasteiger partial charge in [-0.05, 0) is 19.4 Å². The molecular formula is C10H13BrClNO2. The Kier molecular flexibility index (Phi) is 4.99. The maximum atomic E-state index is 9.84. The van der Waals surface area contributed by atoms with Gasteiger partial charge >= 0.3 is 0 Å². The first-order valence-corrected chi connectivity index (χ1v) is 6.11. The number of halogens is 2. The van der Waals surface area contributed by atoms with Crippen molar-refractivity contribution in [2.24, 2.45) is 0 Å². The van der Waals surface area contributed by atoms with Gasteiger partial charge < -0.3 is 10.2 Å². The van der Waals surface area contributed by atoms with Gasteiger partial charge in [-0.3, -0.25) is 0 Å². The molecule has 2 atom stereocenters. The zero-order chi connectivity index (χ0) is 11.4. The maximum absolute atomic E-state index is 9.84. The van der Waals surface area contributed by atoms with Gasteiger partial charge in [0.1, 0.15) is 11.3 Å². The summed E-state index contributed by atoms with van der Waals surface area (Å²) in [5.41, 5.74) is 1.26. The first-order chi connectivity index (χ1) is 7.06. The second-order valence-electron chi connectivity index (χ2n) is 3.30. The summed E-state index contributed by atoms with van der Waals surface area (Å²) < 4.78 is 0. The minimum absolute atomic E-state index is 0.387. The first kappa shape index (κ1) is 12.9. The van der Waals surface area contributed by atoms with Gasteiger partial charge in [0.05, 0.1) is 6.10 Å². The van der Waals surface area contributed by atoms with E-state index in [2.05, 4.69) is 20.9 Å². The Morgan fingerprint density at radius 2 is 2.13 bits per heavy atom. The largest absolute Gasteiger partial charge is 0.390 e. The lowest BCUT2D eigenvalue weighted by Crippen LogP contribution is -2.19. The summed E-state index contributed by atoms with van der Waals surface area (Å²) in [6, 6.07) is 3.29. The van der Waals surface area contributed by atoms with Crippen LogP contribution in [-0.2, 0) is 0 Å². The normalized spacial score (nSPS) is 15.0. The number of aryl methyl sites for hydroxylation is 1. The summed E-state index contributed by atoms with van der Waals surface area (Å²) in [7, 11) is 0. The Labute approximate surface area is 102 Å². The smallest absolute Gasteiger partial charge is 0.129 e. The van der Waals surface area contributed by atoms with Crippen molar-refractivity contribution < 1.29 is 10.2 Å². The molecule has 3 nitrogen and oxygen atoms in total. The zero-order valence-electron chi connectivity index (χ0n) is 8.32. The Hall–Kier alpha value is -0.160. The quantitative estimate of drug-likeness (QED) is 0.661. The van der Waals surface area contributed by atoms with E-state index < -0.39 is 12.2 Å². The van der Waals surface area contributed by atoms with Crippen LogP contribution in [0.25, 0.3) is 0 Å². The SMILES string of the molecule is Cc1nc(Cl)ccc1C(O)C(O)CCBr. The monoisotopic (exact) mass is 293 g/mol. The van der Waals surface area contributed by atoms with Gasteiger partial charge in [0, 0.05) is 16.6 Å². The highest BCUT2D eigenvalue weighted by Gasteiger charge is 2.19. The van der Waals surface area contributed by atoms with Crippen molar-refractivity contribution in [1.82, 2.24) is 4.98 Å². The standard InChI is InChI=1S/C10H13BrClNO2/c1-6-7(2-3-9(12)13-6)10(15)8(14)4-5-11/h2-3,8,10,14-15H,4-5H2,1H3. The minimum Gasteiger partial charge on any atom is -0.390 e. The van der Waals surface area contributed by atoms with Crippen LogP contribution in [-0.4, -0.2) is 26.6 Å². The Balaban J connectivity index is 2.86. The molecule has 0 saturated heterocycles. The summed E-state index contributed by atoms with van der Waals surface area (Å²) in [5, 5.41) is 20.5. The van der Waals surface area contributed by atoms with E-state index in [1.54, 1.807) is 19.1 Å². The van der Waals surface area contributed by atoms with Gasteiger partial charge in [0.15, 0.2) is 0 Å². The van der Waals surface area contributed by atoms with E-state index >= 15 is 0 Å². The lowest BCUT2D eigenvalue weighted by Gasteiger charge is -2.18. The molecule has 5 heteroatoms. The number of aliphatic hydroxyl groups excluding tert-OH is 2. The number of aromatic nitrogens is 1. The molecule has 1 rings (SSSR count). The molecule has 1 heterocycles. The van der Waals surface area contributed by atoms with Crippen LogP contribution in [0.3, 0.4) is 0 Å². The van der Waals surface area contributed by atoms with Crippen LogP contribution in [0.15, 0.2) is 12.1 Å². The van der Waals surface area contributed by atoms with Crippen LogP contribution in [0.1, 0.15) is 23.8 Å². The second kappa shape index (κ2) is 5.80. The van der Waals surface area contributed by atoms with Gasteiger partial charge in [-0.25, -0.2) is 4.98 Å². The van der Waals surface area contributed by atoms with Crippen molar-refractivity contribution in [3.63, 3.8) is 0 Å². The summed E-state index contributed by atoms with van der Waals surface area (Å²) in [4.78, 5) is 4.02. The summed E-state index contributed by atoms with van der Waals surface area (Å²) in [5.74, 6) is 0. The van der Waals surface area contributed by atoms with E-state index in [4.69, 9.17) is 11.6 Å². The van der Waals surface area contributed by atoms with E-state index in [1.807, 2.05) is 0 Å². The highest BCUT2D eigenvalue weighted by molar-refractivity contribution is 9.09. The van der Waals surface area contributed by atoms with E-state index in [1.165, 1.54) is 0 Å². The Bertz CT molecular complexity index is 335. The third-order valence-corrected chi connectivity index (χ3v) is 2.85. The molecule has 0 bridgehead atoms. The lowest BCUT2D eigenvalue weighted by atomic mass is 10.0. The molecule has 0 aliphatic heterocycles. The van der Waals surface area contributed by atoms with Crippen LogP contribution >= 0.6 is 27.5 Å². The number of hydrogen-bond donors (Lipinski definition) is 2. The first-order valence-electron chi connectivity index (χ1n) is 4.61. The molecule has 2 unspecified atom stereocenters. The fourth-order valence-corrected chi connectivity index (χ4v) is 1.99. The number of rotatable bonds is 4. The van der Waals surface area contributed by atoms with Crippen molar-refractivity contribution in [3.05, 3.63) is 28.5 Å². The molecule has 0 aromatic carbocycles. The van der Waals surface area contributed by atoms with Gasteiger partial charge in [0.2, 0.25) is 0 Å². The van der Waals surface area contributed by atoms with Crippen molar-refractivity contribution in [1.29, 1.82) is 0 Å². The molecular weight excluding hydrogens is 281 g/mol. The fourth-order valence-electron chi connectivity index (χ4n) is 1.33. The van der Waals surface area contributed by atoms with Crippen LogP contribution in [0.2, 0.25) is 5.15 Å². The summed E-state index contributed by atoms with van der Waals surface area (Å²) in [6.45, 7) is 1.76. The van der Waals surface area contributed by atoms with Crippen LogP contribution in [0.5, 0.6) is 0 Å².